The van der Waals surface area contributed by atoms with Gasteiger partial charge in [-0.15, -0.1) is 0 Å². The highest BCUT2D eigenvalue weighted by atomic mass is 79.9. The van der Waals surface area contributed by atoms with Crippen LogP contribution >= 0.6 is 27.7 Å². The van der Waals surface area contributed by atoms with Gasteiger partial charge in [-0.25, -0.2) is 9.67 Å². The fourth-order valence-electron chi connectivity index (χ4n) is 1.28. The number of hydrogen-bond acceptors (Lipinski definition) is 5. The van der Waals surface area contributed by atoms with E-state index in [4.69, 9.17) is 5.11 Å². The lowest BCUT2D eigenvalue weighted by molar-refractivity contribution is -0.133. The normalized spacial score (nSPS) is 10.6. The quantitative estimate of drug-likeness (QED) is 0.862. The summed E-state index contributed by atoms with van der Waals surface area (Å²) in [6.45, 7) is 0. The highest BCUT2D eigenvalue weighted by molar-refractivity contribution is 9.10. The van der Waals surface area contributed by atoms with Crippen LogP contribution in [0.4, 0.5) is 0 Å². The summed E-state index contributed by atoms with van der Waals surface area (Å²) in [5, 5.41) is 13.4. The number of nitrogens with zero attached hydrogens (tertiary/aromatic N) is 4. The summed E-state index contributed by atoms with van der Waals surface area (Å²) in [7, 11) is 1.73. The number of carboxylic acid groups (broad SMARTS) is 1. The molecule has 2 aromatic rings. The summed E-state index contributed by atoms with van der Waals surface area (Å²) in [5.41, 5.74) is 0.780. The molecule has 0 aromatic carbocycles. The minimum Gasteiger partial charge on any atom is -0.481 e. The minimum absolute atomic E-state index is 0.0390. The monoisotopic (exact) mass is 328 g/mol. The summed E-state index contributed by atoms with van der Waals surface area (Å²) >= 11 is 4.46. The Kier molecular flexibility index (Phi) is 3.97. The van der Waals surface area contributed by atoms with E-state index in [1.807, 2.05) is 6.07 Å². The van der Waals surface area contributed by atoms with Crippen LogP contribution < -0.4 is 0 Å². The third-order valence-corrected chi connectivity index (χ3v) is 3.45. The summed E-state index contributed by atoms with van der Waals surface area (Å²) < 4.78 is 2.40. The minimum atomic E-state index is -0.881. The number of halogens is 1. The van der Waals surface area contributed by atoms with Gasteiger partial charge in [0.1, 0.15) is 0 Å². The van der Waals surface area contributed by atoms with E-state index in [1.54, 1.807) is 24.1 Å². The molecule has 6 nitrogen and oxygen atoms in total. The van der Waals surface area contributed by atoms with Gasteiger partial charge in [-0.2, -0.15) is 5.10 Å². The Bertz CT molecular complexity index is 587. The van der Waals surface area contributed by atoms with Crippen LogP contribution in [0.25, 0.3) is 11.4 Å². The average molecular weight is 329 g/mol. The van der Waals surface area contributed by atoms with Crippen molar-refractivity contribution < 1.29 is 9.90 Å². The zero-order chi connectivity index (χ0) is 13.1. The summed E-state index contributed by atoms with van der Waals surface area (Å²) in [4.78, 5) is 18.8. The van der Waals surface area contributed by atoms with Crippen LogP contribution in [0.5, 0.6) is 0 Å². The van der Waals surface area contributed by atoms with Crippen molar-refractivity contribution in [2.45, 2.75) is 5.16 Å². The Morgan fingerprint density at radius 3 is 3.00 bits per heavy atom. The van der Waals surface area contributed by atoms with E-state index in [1.165, 1.54) is 0 Å². The third-order valence-electron chi connectivity index (χ3n) is 2.01. The largest absolute Gasteiger partial charge is 0.481 e. The molecule has 0 aliphatic heterocycles. The van der Waals surface area contributed by atoms with Crippen molar-refractivity contribution in [1.82, 2.24) is 19.7 Å². The number of hydrogen-bond donors (Lipinski definition) is 1. The van der Waals surface area contributed by atoms with Crippen LogP contribution in [0.3, 0.4) is 0 Å². The van der Waals surface area contributed by atoms with Gasteiger partial charge in [-0.1, -0.05) is 11.8 Å². The van der Waals surface area contributed by atoms with E-state index in [2.05, 4.69) is 31.0 Å². The highest BCUT2D eigenvalue weighted by Gasteiger charge is 2.11. The Labute approximate surface area is 116 Å². The number of aliphatic carboxylic acids is 1. The van der Waals surface area contributed by atoms with E-state index in [-0.39, 0.29) is 5.75 Å². The van der Waals surface area contributed by atoms with Crippen molar-refractivity contribution in [3.05, 3.63) is 22.9 Å². The Balaban J connectivity index is 2.25. The predicted molar refractivity (Wildman–Crippen MR) is 70.3 cm³/mol. The molecule has 0 radical (unpaired) electrons. The van der Waals surface area contributed by atoms with Crippen molar-refractivity contribution in [3.63, 3.8) is 0 Å². The lowest BCUT2D eigenvalue weighted by Gasteiger charge is -1.94. The number of carboxylic acids is 1. The number of thioether (sulfide) groups is 1. The molecule has 0 bridgehead atoms. The molecule has 0 fully saturated rings. The Morgan fingerprint density at radius 2 is 2.33 bits per heavy atom. The topological polar surface area (TPSA) is 80.9 Å². The summed E-state index contributed by atoms with van der Waals surface area (Å²) in [6, 6.07) is 1.86. The second-order valence-electron chi connectivity index (χ2n) is 3.42. The molecule has 0 atom stereocenters. The molecule has 0 unspecified atom stereocenters. The van der Waals surface area contributed by atoms with Gasteiger partial charge < -0.3 is 5.11 Å². The molecule has 0 spiro atoms. The molecule has 0 aliphatic carbocycles. The third kappa shape index (κ3) is 3.08. The maximum Gasteiger partial charge on any atom is 0.313 e. The van der Waals surface area contributed by atoms with Crippen molar-refractivity contribution in [2.24, 2.45) is 7.05 Å². The van der Waals surface area contributed by atoms with Crippen molar-refractivity contribution >= 4 is 33.7 Å². The van der Waals surface area contributed by atoms with Crippen LogP contribution in [0.1, 0.15) is 0 Å². The van der Waals surface area contributed by atoms with Gasteiger partial charge in [0.15, 0.2) is 11.0 Å². The predicted octanol–water partition coefficient (Wildman–Crippen LogP) is 1.82. The van der Waals surface area contributed by atoms with Gasteiger partial charge in [0, 0.05) is 29.5 Å². The molecule has 94 valence electrons. The van der Waals surface area contributed by atoms with Gasteiger partial charge in [0.25, 0.3) is 0 Å². The van der Waals surface area contributed by atoms with Gasteiger partial charge in [0.05, 0.1) is 5.75 Å². The van der Waals surface area contributed by atoms with Gasteiger partial charge in [0.2, 0.25) is 0 Å². The van der Waals surface area contributed by atoms with Gasteiger partial charge in [-0.05, 0) is 22.0 Å². The number of aromatic nitrogens is 4. The van der Waals surface area contributed by atoms with E-state index in [0.29, 0.717) is 11.0 Å². The van der Waals surface area contributed by atoms with Crippen molar-refractivity contribution in [3.8, 4) is 11.4 Å². The lowest BCUT2D eigenvalue weighted by atomic mass is 10.3. The first-order chi connectivity index (χ1) is 8.56. The Morgan fingerprint density at radius 1 is 1.56 bits per heavy atom. The molecule has 0 amide bonds. The number of pyridine rings is 1. The van der Waals surface area contributed by atoms with E-state index >= 15 is 0 Å². The van der Waals surface area contributed by atoms with Crippen LogP contribution in [0.15, 0.2) is 28.1 Å². The SMILES string of the molecule is Cn1nc(-c2cncc(Br)c2)nc1SCC(=O)O. The van der Waals surface area contributed by atoms with Crippen LogP contribution in [-0.4, -0.2) is 36.6 Å². The second kappa shape index (κ2) is 5.49. The number of carbonyl (C=O) groups is 1. The zero-order valence-corrected chi connectivity index (χ0v) is 11.8. The van der Waals surface area contributed by atoms with E-state index < -0.39 is 5.97 Å². The fourth-order valence-corrected chi connectivity index (χ4v) is 2.27. The van der Waals surface area contributed by atoms with E-state index in [9.17, 15) is 4.79 Å². The molecular weight excluding hydrogens is 320 g/mol. The lowest BCUT2D eigenvalue weighted by Crippen LogP contribution is -2.00. The maximum atomic E-state index is 10.5. The molecule has 0 saturated carbocycles. The molecule has 0 aliphatic rings. The van der Waals surface area contributed by atoms with Gasteiger partial charge >= 0.3 is 5.97 Å². The van der Waals surface area contributed by atoms with E-state index in [0.717, 1.165) is 21.8 Å². The molecule has 8 heteroatoms. The molecule has 2 rings (SSSR count). The smallest absolute Gasteiger partial charge is 0.313 e. The second-order valence-corrected chi connectivity index (χ2v) is 5.27. The first-order valence-electron chi connectivity index (χ1n) is 4.93. The number of aryl methyl sites for hydroxylation is 1. The first-order valence-corrected chi connectivity index (χ1v) is 6.70. The number of rotatable bonds is 4. The Hall–Kier alpha value is -1.41. The molecule has 1 N–H and O–H groups in total. The molecular formula is C10H9BrN4O2S. The van der Waals surface area contributed by atoms with Crippen LogP contribution in [0, 0.1) is 0 Å². The van der Waals surface area contributed by atoms with Crippen molar-refractivity contribution in [2.75, 3.05) is 5.75 Å². The summed E-state index contributed by atoms with van der Waals surface area (Å²) in [5.74, 6) is -0.393. The summed E-state index contributed by atoms with van der Waals surface area (Å²) in [6.07, 6.45) is 3.33. The first kappa shape index (κ1) is 13.0. The standard InChI is InChI=1S/C10H9BrN4O2S/c1-15-10(18-5-8(16)17)13-9(14-15)6-2-7(11)4-12-3-6/h2-4H,5H2,1H3,(H,16,17). The molecule has 18 heavy (non-hydrogen) atoms. The maximum absolute atomic E-state index is 10.5. The zero-order valence-electron chi connectivity index (χ0n) is 9.37. The van der Waals surface area contributed by atoms with Crippen LogP contribution in [0.2, 0.25) is 0 Å². The highest BCUT2D eigenvalue weighted by Crippen LogP contribution is 2.22. The molecule has 2 heterocycles. The van der Waals surface area contributed by atoms with Crippen LogP contribution in [-0.2, 0) is 11.8 Å². The van der Waals surface area contributed by atoms with Gasteiger partial charge in [-0.3, -0.25) is 9.78 Å². The average Bonchev–Trinajstić information content (AvgIpc) is 2.68. The van der Waals surface area contributed by atoms with Crippen molar-refractivity contribution in [1.29, 1.82) is 0 Å². The molecule has 2 aromatic heterocycles. The fraction of sp³-hybridized carbons (Fsp3) is 0.200. The molecule has 0 saturated heterocycles.